The highest BCUT2D eigenvalue weighted by Gasteiger charge is 2.14. The molecule has 0 aliphatic heterocycles. The summed E-state index contributed by atoms with van der Waals surface area (Å²) in [4.78, 5) is 11.1. The maximum absolute atomic E-state index is 11.1. The van der Waals surface area contributed by atoms with Crippen molar-refractivity contribution in [3.8, 4) is 11.5 Å². The number of para-hydroxylation sites is 1. The van der Waals surface area contributed by atoms with Gasteiger partial charge in [-0.05, 0) is 19.1 Å². The Kier molecular flexibility index (Phi) is 6.66. The fraction of sp³-hybridized carbons (Fsp3) is 0.471. The van der Waals surface area contributed by atoms with Crippen molar-refractivity contribution in [1.29, 1.82) is 0 Å². The van der Waals surface area contributed by atoms with Crippen LogP contribution in [0.2, 0.25) is 0 Å². The Labute approximate surface area is 146 Å². The van der Waals surface area contributed by atoms with Crippen LogP contribution >= 0.6 is 11.8 Å². The average Bonchev–Trinajstić information content (AvgIpc) is 3.01. The third-order valence-corrected chi connectivity index (χ3v) is 4.43. The molecule has 0 fully saturated rings. The van der Waals surface area contributed by atoms with Crippen LogP contribution in [0.25, 0.3) is 0 Å². The van der Waals surface area contributed by atoms with E-state index in [4.69, 9.17) is 9.47 Å². The lowest BCUT2D eigenvalue weighted by molar-refractivity contribution is 0.111. The molecular weight excluding hydrogens is 326 g/mol. The number of aldehydes is 1. The minimum Gasteiger partial charge on any atom is -0.493 e. The van der Waals surface area contributed by atoms with Crippen molar-refractivity contribution < 1.29 is 14.3 Å². The summed E-state index contributed by atoms with van der Waals surface area (Å²) in [5, 5.41) is 9.41. The van der Waals surface area contributed by atoms with Crippen molar-refractivity contribution in [3.05, 3.63) is 29.6 Å². The van der Waals surface area contributed by atoms with Gasteiger partial charge in [-0.15, -0.1) is 10.2 Å². The topological polar surface area (TPSA) is 66.2 Å². The van der Waals surface area contributed by atoms with E-state index in [-0.39, 0.29) is 0 Å². The lowest BCUT2D eigenvalue weighted by Crippen LogP contribution is -2.07. The quantitative estimate of drug-likeness (QED) is 0.393. The Morgan fingerprint density at radius 1 is 1.33 bits per heavy atom. The summed E-state index contributed by atoms with van der Waals surface area (Å²) in [7, 11) is 1.56. The Bertz CT molecular complexity index is 686. The van der Waals surface area contributed by atoms with Crippen LogP contribution in [0, 0.1) is 0 Å². The van der Waals surface area contributed by atoms with Crippen molar-refractivity contribution in [2.75, 3.05) is 19.5 Å². The van der Waals surface area contributed by atoms with Crippen molar-refractivity contribution >= 4 is 18.0 Å². The van der Waals surface area contributed by atoms with Crippen LogP contribution in [-0.4, -0.2) is 40.5 Å². The largest absolute Gasteiger partial charge is 0.493 e. The van der Waals surface area contributed by atoms with E-state index in [2.05, 4.69) is 35.5 Å². The van der Waals surface area contributed by atoms with E-state index in [0.717, 1.165) is 23.8 Å². The standard InChI is InChI=1S/C17H23N3O3S/c1-5-20-16(12(2)3)18-19-17(20)24-10-9-23-15-13(11-21)7-6-8-14(15)22-4/h6-8,11-12H,5,9-10H2,1-4H3. The minimum atomic E-state index is 0.340. The monoisotopic (exact) mass is 349 g/mol. The van der Waals surface area contributed by atoms with Gasteiger partial charge in [0.15, 0.2) is 22.9 Å². The van der Waals surface area contributed by atoms with Gasteiger partial charge in [0.1, 0.15) is 5.82 Å². The van der Waals surface area contributed by atoms with Gasteiger partial charge < -0.3 is 14.0 Å². The number of hydrogen-bond donors (Lipinski definition) is 0. The fourth-order valence-electron chi connectivity index (χ4n) is 2.35. The predicted molar refractivity (Wildman–Crippen MR) is 94.4 cm³/mol. The molecule has 0 aliphatic rings. The van der Waals surface area contributed by atoms with Gasteiger partial charge in [-0.25, -0.2) is 0 Å². The molecule has 0 radical (unpaired) electrons. The van der Waals surface area contributed by atoms with Gasteiger partial charge in [0, 0.05) is 18.2 Å². The normalized spacial score (nSPS) is 10.9. The van der Waals surface area contributed by atoms with Gasteiger partial charge in [-0.1, -0.05) is 31.7 Å². The molecule has 1 aromatic carbocycles. The lowest BCUT2D eigenvalue weighted by Gasteiger charge is -2.12. The van der Waals surface area contributed by atoms with Crippen LogP contribution in [0.5, 0.6) is 11.5 Å². The number of hydrogen-bond acceptors (Lipinski definition) is 6. The Morgan fingerprint density at radius 2 is 2.12 bits per heavy atom. The maximum atomic E-state index is 11.1. The zero-order chi connectivity index (χ0) is 17.5. The molecule has 2 aromatic rings. The van der Waals surface area contributed by atoms with Crippen LogP contribution < -0.4 is 9.47 Å². The highest BCUT2D eigenvalue weighted by Crippen LogP contribution is 2.30. The first-order valence-electron chi connectivity index (χ1n) is 7.93. The number of ether oxygens (including phenoxy) is 2. The summed E-state index contributed by atoms with van der Waals surface area (Å²) in [5.41, 5.74) is 0.484. The van der Waals surface area contributed by atoms with E-state index in [0.29, 0.717) is 35.3 Å². The van der Waals surface area contributed by atoms with E-state index in [1.165, 1.54) is 0 Å². The van der Waals surface area contributed by atoms with Gasteiger partial charge in [0.25, 0.3) is 0 Å². The van der Waals surface area contributed by atoms with Gasteiger partial charge in [0.05, 0.1) is 19.3 Å². The van der Waals surface area contributed by atoms with Crippen LogP contribution in [0.4, 0.5) is 0 Å². The molecule has 0 saturated carbocycles. The summed E-state index contributed by atoms with van der Waals surface area (Å²) >= 11 is 1.59. The summed E-state index contributed by atoms with van der Waals surface area (Å²) in [5.74, 6) is 3.08. The molecule has 0 saturated heterocycles. The van der Waals surface area contributed by atoms with Crippen LogP contribution in [-0.2, 0) is 6.54 Å². The van der Waals surface area contributed by atoms with Gasteiger partial charge >= 0.3 is 0 Å². The molecule has 1 heterocycles. The summed E-state index contributed by atoms with van der Waals surface area (Å²) in [6.45, 7) is 7.58. The Hall–Kier alpha value is -2.02. The van der Waals surface area contributed by atoms with E-state index in [9.17, 15) is 4.79 Å². The molecule has 0 atom stereocenters. The number of carbonyl (C=O) groups excluding carboxylic acids is 1. The molecule has 2 rings (SSSR count). The van der Waals surface area contributed by atoms with Crippen molar-refractivity contribution in [3.63, 3.8) is 0 Å². The summed E-state index contributed by atoms with van der Waals surface area (Å²) in [6, 6.07) is 5.25. The fourth-order valence-corrected chi connectivity index (χ4v) is 3.17. The highest BCUT2D eigenvalue weighted by molar-refractivity contribution is 7.99. The Balaban J connectivity index is 1.98. The lowest BCUT2D eigenvalue weighted by atomic mass is 10.2. The minimum absolute atomic E-state index is 0.340. The molecule has 1 aromatic heterocycles. The first-order chi connectivity index (χ1) is 11.6. The number of benzene rings is 1. The van der Waals surface area contributed by atoms with Gasteiger partial charge in [-0.2, -0.15) is 0 Å². The predicted octanol–water partition coefficient (Wildman–Crippen LogP) is 3.41. The van der Waals surface area contributed by atoms with E-state index < -0.39 is 0 Å². The first-order valence-corrected chi connectivity index (χ1v) is 8.91. The van der Waals surface area contributed by atoms with Gasteiger partial charge in [0.2, 0.25) is 0 Å². The molecule has 6 nitrogen and oxygen atoms in total. The molecule has 0 bridgehead atoms. The summed E-state index contributed by atoms with van der Waals surface area (Å²) in [6.07, 6.45) is 0.771. The van der Waals surface area contributed by atoms with Crippen molar-refractivity contribution in [2.45, 2.75) is 38.4 Å². The number of aromatic nitrogens is 3. The molecule has 130 valence electrons. The van der Waals surface area contributed by atoms with Gasteiger partial charge in [-0.3, -0.25) is 4.79 Å². The van der Waals surface area contributed by atoms with Crippen LogP contribution in [0.15, 0.2) is 23.4 Å². The van der Waals surface area contributed by atoms with E-state index >= 15 is 0 Å². The van der Waals surface area contributed by atoms with Crippen LogP contribution in [0.1, 0.15) is 42.9 Å². The van der Waals surface area contributed by atoms with E-state index in [1.54, 1.807) is 37.1 Å². The first kappa shape index (κ1) is 18.3. The molecule has 7 heteroatoms. The molecular formula is C17H23N3O3S. The maximum Gasteiger partial charge on any atom is 0.191 e. The molecule has 24 heavy (non-hydrogen) atoms. The second-order valence-corrected chi connectivity index (χ2v) is 6.50. The molecule has 0 spiro atoms. The third kappa shape index (κ3) is 4.08. The SMILES string of the molecule is CCn1c(SCCOc2c(C=O)cccc2OC)nnc1C(C)C. The number of nitrogens with zero attached hydrogens (tertiary/aromatic N) is 3. The molecule has 0 unspecified atom stereocenters. The second kappa shape index (κ2) is 8.73. The molecule has 0 amide bonds. The highest BCUT2D eigenvalue weighted by atomic mass is 32.2. The number of carbonyl (C=O) groups is 1. The van der Waals surface area contributed by atoms with Crippen LogP contribution in [0.3, 0.4) is 0 Å². The average molecular weight is 349 g/mol. The Morgan fingerprint density at radius 3 is 2.75 bits per heavy atom. The number of rotatable bonds is 9. The van der Waals surface area contributed by atoms with Crippen molar-refractivity contribution in [1.82, 2.24) is 14.8 Å². The zero-order valence-corrected chi connectivity index (χ0v) is 15.3. The third-order valence-electron chi connectivity index (χ3n) is 3.50. The smallest absolute Gasteiger partial charge is 0.191 e. The molecule has 0 aliphatic carbocycles. The molecule has 0 N–H and O–H groups in total. The summed E-state index contributed by atoms with van der Waals surface area (Å²) < 4.78 is 13.1. The van der Waals surface area contributed by atoms with Crippen molar-refractivity contribution in [2.24, 2.45) is 0 Å². The second-order valence-electron chi connectivity index (χ2n) is 5.43. The number of thioether (sulfide) groups is 1. The number of methoxy groups -OCH3 is 1. The van der Waals surface area contributed by atoms with E-state index in [1.807, 2.05) is 0 Å². The zero-order valence-electron chi connectivity index (χ0n) is 14.5.